The Kier molecular flexibility index (Phi) is 7.38. The first-order valence-corrected chi connectivity index (χ1v) is 5.62. The van der Waals surface area contributed by atoms with Gasteiger partial charge in [0.2, 0.25) is 5.91 Å². The van der Waals surface area contributed by atoms with Gasteiger partial charge in [0, 0.05) is 13.6 Å². The predicted molar refractivity (Wildman–Crippen MR) is 70.7 cm³/mol. The fourth-order valence-electron chi connectivity index (χ4n) is 1.60. The van der Waals surface area contributed by atoms with Crippen molar-refractivity contribution in [3.05, 3.63) is 29.8 Å². The Morgan fingerprint density at radius 2 is 1.90 bits per heavy atom. The number of amides is 1. The van der Waals surface area contributed by atoms with Crippen LogP contribution in [0.5, 0.6) is 5.75 Å². The van der Waals surface area contributed by atoms with E-state index in [1.54, 1.807) is 0 Å². The fraction of sp³-hybridized carbons (Fsp3) is 0.417. The second-order valence-electron chi connectivity index (χ2n) is 3.94. The number of carbonyl (C=O) groups excluding carboxylic acids is 1. The molecule has 3 N–H and O–H groups in total. The van der Waals surface area contributed by atoms with E-state index in [-0.39, 0.29) is 30.6 Å². The molecule has 1 aromatic rings. The van der Waals surface area contributed by atoms with Gasteiger partial charge in [0.25, 0.3) is 0 Å². The quantitative estimate of drug-likeness (QED) is 0.872. The van der Waals surface area contributed by atoms with Crippen molar-refractivity contribution in [2.45, 2.75) is 12.8 Å². The maximum Gasteiger partial charge on any atom is 0.573 e. The van der Waals surface area contributed by atoms with Crippen LogP contribution in [0.2, 0.25) is 0 Å². The minimum absolute atomic E-state index is 0. The number of carbonyl (C=O) groups is 1. The molecule has 4 nitrogen and oxygen atoms in total. The Balaban J connectivity index is 0.00000361. The molecule has 1 amide bonds. The van der Waals surface area contributed by atoms with Crippen molar-refractivity contribution in [1.82, 2.24) is 5.32 Å². The van der Waals surface area contributed by atoms with Gasteiger partial charge in [-0.25, -0.2) is 0 Å². The Bertz CT molecular complexity index is 424. The van der Waals surface area contributed by atoms with Crippen LogP contribution in [0.25, 0.3) is 0 Å². The number of nitrogens with one attached hydrogen (secondary N) is 1. The third-order valence-electron chi connectivity index (χ3n) is 2.54. The van der Waals surface area contributed by atoms with Crippen molar-refractivity contribution in [2.75, 3.05) is 13.6 Å². The van der Waals surface area contributed by atoms with E-state index in [0.29, 0.717) is 12.0 Å². The van der Waals surface area contributed by atoms with Crippen LogP contribution in [0.3, 0.4) is 0 Å². The minimum Gasteiger partial charge on any atom is -0.406 e. The molecule has 1 rings (SSSR count). The second kappa shape index (κ2) is 7.96. The van der Waals surface area contributed by atoms with Gasteiger partial charge in [-0.1, -0.05) is 12.1 Å². The summed E-state index contributed by atoms with van der Waals surface area (Å²) in [5.74, 6) is -0.891. The summed E-state index contributed by atoms with van der Waals surface area (Å²) in [5, 5.41) is 2.49. The highest BCUT2D eigenvalue weighted by atomic mass is 35.5. The summed E-state index contributed by atoms with van der Waals surface area (Å²) in [7, 11) is 1.51. The Morgan fingerprint density at radius 3 is 2.30 bits per heavy atom. The number of halogens is 4. The van der Waals surface area contributed by atoms with Gasteiger partial charge in [-0.2, -0.15) is 0 Å². The zero-order valence-corrected chi connectivity index (χ0v) is 11.6. The van der Waals surface area contributed by atoms with Crippen LogP contribution in [0, 0.1) is 5.92 Å². The lowest BCUT2D eigenvalue weighted by molar-refractivity contribution is -0.274. The number of nitrogens with two attached hydrogens (primary N) is 1. The van der Waals surface area contributed by atoms with Gasteiger partial charge in [-0.15, -0.1) is 25.6 Å². The molecule has 8 heteroatoms. The summed E-state index contributed by atoms with van der Waals surface area (Å²) in [6.45, 7) is 0.167. The topological polar surface area (TPSA) is 64.4 Å². The lowest BCUT2D eigenvalue weighted by Gasteiger charge is -2.14. The van der Waals surface area contributed by atoms with Gasteiger partial charge < -0.3 is 15.8 Å². The van der Waals surface area contributed by atoms with Crippen LogP contribution in [0.4, 0.5) is 13.2 Å². The molecular formula is C12H16ClF3N2O2. The molecule has 0 saturated carbocycles. The van der Waals surface area contributed by atoms with Gasteiger partial charge in [-0.3, -0.25) is 4.79 Å². The number of benzene rings is 1. The van der Waals surface area contributed by atoms with E-state index >= 15 is 0 Å². The molecule has 0 spiro atoms. The van der Waals surface area contributed by atoms with Gasteiger partial charge in [-0.05, 0) is 24.1 Å². The smallest absolute Gasteiger partial charge is 0.406 e. The standard InChI is InChI=1S/C12H15F3N2O2.ClH/c1-17-11(18)9(7-16)6-8-2-4-10(5-3-8)19-12(13,14)15;/h2-5,9H,6-7,16H2,1H3,(H,17,18);1H. The van der Waals surface area contributed by atoms with E-state index in [4.69, 9.17) is 5.73 Å². The van der Waals surface area contributed by atoms with E-state index in [1.807, 2.05) is 0 Å². The van der Waals surface area contributed by atoms with Crippen molar-refractivity contribution in [1.29, 1.82) is 0 Å². The normalized spacial score (nSPS) is 12.2. The molecule has 1 unspecified atom stereocenters. The highest BCUT2D eigenvalue weighted by Crippen LogP contribution is 2.23. The zero-order chi connectivity index (χ0) is 14.5. The maximum atomic E-state index is 12.0. The van der Waals surface area contributed by atoms with Crippen molar-refractivity contribution < 1.29 is 22.7 Å². The van der Waals surface area contributed by atoms with E-state index in [2.05, 4.69) is 10.1 Å². The maximum absolute atomic E-state index is 12.0. The minimum atomic E-state index is -4.70. The Morgan fingerprint density at radius 1 is 1.35 bits per heavy atom. The molecule has 0 bridgehead atoms. The van der Waals surface area contributed by atoms with Crippen LogP contribution in [0.1, 0.15) is 5.56 Å². The molecule has 0 aliphatic carbocycles. The monoisotopic (exact) mass is 312 g/mol. The van der Waals surface area contributed by atoms with Crippen LogP contribution < -0.4 is 15.8 Å². The van der Waals surface area contributed by atoms with E-state index in [0.717, 1.165) is 0 Å². The summed E-state index contributed by atoms with van der Waals surface area (Å²) in [4.78, 5) is 11.4. The lowest BCUT2D eigenvalue weighted by Crippen LogP contribution is -2.34. The molecule has 0 heterocycles. The number of rotatable bonds is 5. The van der Waals surface area contributed by atoms with Crippen LogP contribution >= 0.6 is 12.4 Å². The third kappa shape index (κ3) is 6.12. The van der Waals surface area contributed by atoms with Crippen molar-refractivity contribution in [3.63, 3.8) is 0 Å². The molecule has 114 valence electrons. The molecule has 0 aromatic heterocycles. The van der Waals surface area contributed by atoms with E-state index in [9.17, 15) is 18.0 Å². The van der Waals surface area contributed by atoms with Crippen LogP contribution in [0.15, 0.2) is 24.3 Å². The highest BCUT2D eigenvalue weighted by molar-refractivity contribution is 5.85. The largest absolute Gasteiger partial charge is 0.573 e. The van der Waals surface area contributed by atoms with E-state index in [1.165, 1.54) is 31.3 Å². The van der Waals surface area contributed by atoms with Gasteiger partial charge in [0.15, 0.2) is 0 Å². The molecule has 0 radical (unpaired) electrons. The van der Waals surface area contributed by atoms with Crippen molar-refractivity contribution in [2.24, 2.45) is 11.7 Å². The lowest BCUT2D eigenvalue weighted by atomic mass is 9.98. The third-order valence-corrected chi connectivity index (χ3v) is 2.54. The average molecular weight is 313 g/mol. The van der Waals surface area contributed by atoms with Gasteiger partial charge in [0.1, 0.15) is 5.75 Å². The number of alkyl halides is 3. The predicted octanol–water partition coefficient (Wildman–Crippen LogP) is 1.87. The Labute approximate surface area is 120 Å². The molecule has 0 aliphatic heterocycles. The molecule has 20 heavy (non-hydrogen) atoms. The first kappa shape index (κ1) is 18.5. The fourth-order valence-corrected chi connectivity index (χ4v) is 1.60. The molecule has 1 atom stereocenters. The van der Waals surface area contributed by atoms with Crippen molar-refractivity contribution >= 4 is 18.3 Å². The Hall–Kier alpha value is -1.47. The molecular weight excluding hydrogens is 297 g/mol. The van der Waals surface area contributed by atoms with Gasteiger partial charge >= 0.3 is 6.36 Å². The molecule has 1 aromatic carbocycles. The first-order chi connectivity index (χ1) is 8.85. The summed E-state index contributed by atoms with van der Waals surface area (Å²) >= 11 is 0. The van der Waals surface area contributed by atoms with Crippen molar-refractivity contribution in [3.8, 4) is 5.75 Å². The van der Waals surface area contributed by atoms with Gasteiger partial charge in [0.05, 0.1) is 5.92 Å². The number of hydrogen-bond donors (Lipinski definition) is 2. The second-order valence-corrected chi connectivity index (χ2v) is 3.94. The summed E-state index contributed by atoms with van der Waals surface area (Å²) in [6.07, 6.45) is -4.34. The van der Waals surface area contributed by atoms with Crippen LogP contribution in [-0.2, 0) is 11.2 Å². The molecule has 0 saturated heterocycles. The zero-order valence-electron chi connectivity index (χ0n) is 10.7. The highest BCUT2D eigenvalue weighted by Gasteiger charge is 2.31. The molecule has 0 aliphatic rings. The average Bonchev–Trinajstić information content (AvgIpc) is 2.35. The SMILES string of the molecule is CNC(=O)C(CN)Cc1ccc(OC(F)(F)F)cc1.Cl. The summed E-state index contributed by atoms with van der Waals surface area (Å²) < 4.78 is 39.7. The number of ether oxygens (including phenoxy) is 1. The molecule has 0 fully saturated rings. The number of hydrogen-bond acceptors (Lipinski definition) is 3. The summed E-state index contributed by atoms with van der Waals surface area (Å²) in [5.41, 5.74) is 6.19. The first-order valence-electron chi connectivity index (χ1n) is 5.62. The van der Waals surface area contributed by atoms with E-state index < -0.39 is 12.3 Å². The van der Waals surface area contributed by atoms with Crippen LogP contribution in [-0.4, -0.2) is 25.9 Å². The summed E-state index contributed by atoms with van der Waals surface area (Å²) in [6, 6.07) is 5.37.